The minimum atomic E-state index is -1.07. The van der Waals surface area contributed by atoms with Crippen molar-refractivity contribution in [3.63, 3.8) is 0 Å². The maximum Gasteiger partial charge on any atom is 0.407 e. The topological polar surface area (TPSA) is 106 Å². The lowest BCUT2D eigenvalue weighted by molar-refractivity contribution is -0.130. The smallest absolute Gasteiger partial charge is 0.407 e. The van der Waals surface area contributed by atoms with Gasteiger partial charge in [-0.3, -0.25) is 9.59 Å². The average Bonchev–Trinajstić information content (AvgIpc) is 3.57. The average molecular weight is 746 g/mol. The van der Waals surface area contributed by atoms with Gasteiger partial charge in [-0.2, -0.15) is 0 Å². The predicted octanol–water partition coefficient (Wildman–Crippen LogP) is 8.20. The molecule has 0 bridgehead atoms. The van der Waals surface area contributed by atoms with Crippen molar-refractivity contribution < 1.29 is 23.9 Å². The molecule has 2 aliphatic rings. The zero-order valence-corrected chi connectivity index (χ0v) is 31.5. The van der Waals surface area contributed by atoms with Crippen LogP contribution in [-0.4, -0.2) is 43.2 Å². The lowest BCUT2D eigenvalue weighted by Crippen LogP contribution is -2.53. The molecule has 284 valence electrons. The second-order valence-electron chi connectivity index (χ2n) is 14.2. The van der Waals surface area contributed by atoms with Crippen molar-refractivity contribution in [1.82, 2.24) is 16.0 Å². The Morgan fingerprint density at radius 1 is 0.714 bits per heavy atom. The molecule has 56 heavy (non-hydrogen) atoms. The normalized spacial score (nSPS) is 15.6. The van der Waals surface area contributed by atoms with Gasteiger partial charge in [0.2, 0.25) is 11.8 Å². The highest BCUT2D eigenvalue weighted by molar-refractivity contribution is 5.91. The highest BCUT2D eigenvalue weighted by atomic mass is 16.5. The molecule has 0 aromatic heterocycles. The number of carbonyl (C=O) groups is 3. The maximum atomic E-state index is 14.0. The highest BCUT2D eigenvalue weighted by Crippen LogP contribution is 2.46. The van der Waals surface area contributed by atoms with Crippen LogP contribution in [0.5, 0.6) is 0 Å². The molecule has 0 saturated heterocycles. The van der Waals surface area contributed by atoms with Gasteiger partial charge in [0, 0.05) is 18.9 Å². The molecule has 3 amide bonds. The lowest BCUT2D eigenvalue weighted by atomic mass is 9.80. The van der Waals surface area contributed by atoms with E-state index in [9.17, 15) is 14.4 Å². The molecule has 5 aromatic carbocycles. The molecule has 0 radical (unpaired) electrons. The Balaban J connectivity index is 1.10. The summed E-state index contributed by atoms with van der Waals surface area (Å²) in [6.45, 7) is 2.15. The van der Waals surface area contributed by atoms with E-state index in [0.29, 0.717) is 6.54 Å². The first-order valence-corrected chi connectivity index (χ1v) is 19.3. The fourth-order valence-corrected chi connectivity index (χ4v) is 7.76. The van der Waals surface area contributed by atoms with Crippen LogP contribution in [0.2, 0.25) is 0 Å². The van der Waals surface area contributed by atoms with E-state index in [1.54, 1.807) is 6.92 Å². The molecule has 7 rings (SSSR count). The summed E-state index contributed by atoms with van der Waals surface area (Å²) in [5, 5.41) is 8.53. The van der Waals surface area contributed by atoms with Crippen molar-refractivity contribution in [3.05, 3.63) is 197 Å². The first-order chi connectivity index (χ1) is 27.4. The molecule has 0 aliphatic heterocycles. The number of nitrogens with one attached hydrogen (secondary N) is 3. The van der Waals surface area contributed by atoms with Gasteiger partial charge in [-0.05, 0) is 58.7 Å². The monoisotopic (exact) mass is 745 g/mol. The Bertz CT molecular complexity index is 2070. The van der Waals surface area contributed by atoms with E-state index < -0.39 is 29.7 Å². The third kappa shape index (κ3) is 8.51. The number of hydrogen-bond donors (Lipinski definition) is 3. The van der Waals surface area contributed by atoms with Crippen molar-refractivity contribution in [2.75, 3.05) is 13.2 Å². The summed E-state index contributed by atoms with van der Waals surface area (Å²) in [4.78, 5) is 40.7. The molecular weight excluding hydrogens is 699 g/mol. The first-order valence-electron chi connectivity index (χ1n) is 19.3. The molecular formula is C48H47N3O5. The second kappa shape index (κ2) is 17.9. The summed E-state index contributed by atoms with van der Waals surface area (Å²) in [5.41, 5.74) is 7.43. The number of ether oxygens (including phenoxy) is 2. The fraction of sp³-hybridized carbons (Fsp3) is 0.229. The summed E-state index contributed by atoms with van der Waals surface area (Å²) in [7, 11) is 0. The summed E-state index contributed by atoms with van der Waals surface area (Å²) in [6, 6.07) is 45.7. The van der Waals surface area contributed by atoms with E-state index in [0.717, 1.165) is 40.7 Å². The van der Waals surface area contributed by atoms with E-state index in [1.807, 2.05) is 133 Å². The maximum absolute atomic E-state index is 14.0. The molecule has 0 heterocycles. The minimum absolute atomic E-state index is 0.0657. The summed E-state index contributed by atoms with van der Waals surface area (Å²) < 4.78 is 12.9. The van der Waals surface area contributed by atoms with Gasteiger partial charge in [0.05, 0.1) is 6.61 Å². The molecule has 0 spiro atoms. The molecule has 8 nitrogen and oxygen atoms in total. The zero-order valence-electron chi connectivity index (χ0n) is 31.5. The standard InChI is InChI=1S/C48H47N3O5/c1-34(45(52)49-32-35-18-6-2-7-19-35)50-46(53)44(51-47(54)55-33-43-41-28-16-14-26-39(41)40-27-15-17-29-42(40)43)30-31-56-48(36-20-8-3-9-21-36,37-22-10-4-11-23-37)38-24-12-5-13-25-38/h2-16,18-28,34,43-44H,17,29-33H2,1H3,(H,49,52)(H,50,53)(H,51,54). The van der Waals surface area contributed by atoms with E-state index in [4.69, 9.17) is 9.47 Å². The van der Waals surface area contributed by atoms with E-state index in [-0.39, 0.29) is 31.5 Å². The third-order valence-electron chi connectivity index (χ3n) is 10.6. The van der Waals surface area contributed by atoms with Crippen LogP contribution < -0.4 is 16.0 Å². The van der Waals surface area contributed by atoms with Gasteiger partial charge in [-0.25, -0.2) is 4.79 Å². The molecule has 0 saturated carbocycles. The molecule has 3 N–H and O–H groups in total. The molecule has 0 fully saturated rings. The summed E-state index contributed by atoms with van der Waals surface area (Å²) in [5.74, 6) is -0.933. The van der Waals surface area contributed by atoms with Crippen molar-refractivity contribution in [3.8, 4) is 0 Å². The van der Waals surface area contributed by atoms with Gasteiger partial charge < -0.3 is 25.4 Å². The Hall–Kier alpha value is -6.25. The lowest BCUT2D eigenvalue weighted by Gasteiger charge is -2.36. The fourth-order valence-electron chi connectivity index (χ4n) is 7.76. The molecule has 8 heteroatoms. The number of allylic oxidation sites excluding steroid dienone is 3. The van der Waals surface area contributed by atoms with E-state index in [2.05, 4.69) is 40.2 Å². The van der Waals surface area contributed by atoms with Crippen LogP contribution in [0.3, 0.4) is 0 Å². The number of hydrogen-bond acceptors (Lipinski definition) is 5. The van der Waals surface area contributed by atoms with Gasteiger partial charge in [0.25, 0.3) is 0 Å². The summed E-state index contributed by atoms with van der Waals surface area (Å²) in [6.07, 6.45) is 5.56. The number of rotatable bonds is 15. The minimum Gasteiger partial charge on any atom is -0.449 e. The quantitative estimate of drug-likeness (QED) is 0.0938. The van der Waals surface area contributed by atoms with Crippen molar-refractivity contribution in [1.29, 1.82) is 0 Å². The van der Waals surface area contributed by atoms with Crippen LogP contribution >= 0.6 is 0 Å². The van der Waals surface area contributed by atoms with Gasteiger partial charge in [-0.15, -0.1) is 0 Å². The predicted molar refractivity (Wildman–Crippen MR) is 218 cm³/mol. The van der Waals surface area contributed by atoms with E-state index in [1.165, 1.54) is 16.7 Å². The van der Waals surface area contributed by atoms with Crippen molar-refractivity contribution in [2.24, 2.45) is 0 Å². The SMILES string of the molecule is CC(NC(=O)C(CCOC(c1ccccc1)(c1ccccc1)c1ccccc1)NC(=O)OCC1C2=C(C=CCC2)c2ccccc21)C(=O)NCc1ccccc1. The number of alkyl carbamates (subject to hydrolysis) is 1. The van der Waals surface area contributed by atoms with Crippen LogP contribution in [0.15, 0.2) is 163 Å². The Kier molecular flexibility index (Phi) is 12.2. The van der Waals surface area contributed by atoms with Crippen LogP contribution in [0.4, 0.5) is 4.79 Å². The molecule has 3 unspecified atom stereocenters. The van der Waals surface area contributed by atoms with Crippen LogP contribution in [0, 0.1) is 0 Å². The molecule has 3 atom stereocenters. The number of carbonyl (C=O) groups excluding carboxylic acids is 3. The number of benzene rings is 5. The van der Waals surface area contributed by atoms with Crippen molar-refractivity contribution >= 4 is 23.5 Å². The van der Waals surface area contributed by atoms with Gasteiger partial charge in [0.1, 0.15) is 24.3 Å². The Morgan fingerprint density at radius 3 is 1.91 bits per heavy atom. The largest absolute Gasteiger partial charge is 0.449 e. The van der Waals surface area contributed by atoms with Gasteiger partial charge in [0.15, 0.2) is 0 Å². The van der Waals surface area contributed by atoms with E-state index >= 15 is 0 Å². The number of amides is 3. The van der Waals surface area contributed by atoms with Crippen LogP contribution in [0.1, 0.15) is 65.5 Å². The second-order valence-corrected chi connectivity index (χ2v) is 14.2. The Morgan fingerprint density at radius 2 is 1.29 bits per heavy atom. The van der Waals surface area contributed by atoms with Crippen LogP contribution in [-0.2, 0) is 31.2 Å². The first kappa shape index (κ1) is 38.0. The molecule has 5 aromatic rings. The Labute approximate surface area is 328 Å². The number of fused-ring (bicyclic) bond motifs is 2. The zero-order chi connectivity index (χ0) is 38.7. The van der Waals surface area contributed by atoms with Gasteiger partial charge in [-0.1, -0.05) is 163 Å². The highest BCUT2D eigenvalue weighted by Gasteiger charge is 2.38. The van der Waals surface area contributed by atoms with Crippen molar-refractivity contribution in [2.45, 2.75) is 56.3 Å². The third-order valence-corrected chi connectivity index (χ3v) is 10.6. The summed E-state index contributed by atoms with van der Waals surface area (Å²) >= 11 is 0. The molecule has 2 aliphatic carbocycles. The van der Waals surface area contributed by atoms with Crippen LogP contribution in [0.25, 0.3) is 5.57 Å². The van der Waals surface area contributed by atoms with Gasteiger partial charge >= 0.3 is 6.09 Å².